The number of aliphatic carboxylic acids is 1. The number of carbonyl (C=O) groups is 1. The Labute approximate surface area is 154 Å². The average molecular weight is 370 g/mol. The molecule has 2 aromatic carbocycles. The van der Waals surface area contributed by atoms with Gasteiger partial charge in [-0.1, -0.05) is 24.3 Å². The number of carboxylic acid groups (broad SMARTS) is 1. The highest BCUT2D eigenvalue weighted by molar-refractivity contribution is 5.87. The van der Waals surface area contributed by atoms with Crippen LogP contribution in [0.3, 0.4) is 0 Å². The van der Waals surface area contributed by atoms with E-state index in [4.69, 9.17) is 10.1 Å². The van der Waals surface area contributed by atoms with Crippen LogP contribution in [0.2, 0.25) is 0 Å². The number of carboxylic acids is 1. The smallest absolute Gasteiger partial charge is 0.323 e. The molecule has 0 spiro atoms. The van der Waals surface area contributed by atoms with E-state index in [-0.39, 0.29) is 24.5 Å². The summed E-state index contributed by atoms with van der Waals surface area (Å²) in [6, 6.07) is 15.2. The molecule has 6 nitrogen and oxygen atoms in total. The molecule has 2 aromatic heterocycles. The first kappa shape index (κ1) is 17.7. The fourth-order valence-corrected chi connectivity index (χ4v) is 3.04. The highest BCUT2D eigenvalue weighted by Gasteiger charge is 2.10. The van der Waals surface area contributed by atoms with E-state index in [2.05, 4.69) is 9.97 Å². The minimum absolute atomic E-state index is 0. The fourth-order valence-electron chi connectivity index (χ4n) is 3.04. The SMILES string of the molecule is Cl.O=C(O)CCc1cc(-c2ccc3[nH]c(=O)[nH]c3c2)nc2ccccc12. The molecule has 0 atom stereocenters. The zero-order valence-corrected chi connectivity index (χ0v) is 14.5. The number of hydrogen-bond donors (Lipinski definition) is 3. The molecular weight excluding hydrogens is 354 g/mol. The van der Waals surface area contributed by atoms with Crippen molar-refractivity contribution in [3.05, 3.63) is 64.6 Å². The van der Waals surface area contributed by atoms with Crippen LogP contribution >= 0.6 is 12.4 Å². The zero-order valence-electron chi connectivity index (χ0n) is 13.7. The summed E-state index contributed by atoms with van der Waals surface area (Å²) >= 11 is 0. The lowest BCUT2D eigenvalue weighted by molar-refractivity contribution is -0.136. The van der Waals surface area contributed by atoms with Crippen molar-refractivity contribution in [3.8, 4) is 11.3 Å². The molecule has 0 radical (unpaired) electrons. The topological polar surface area (TPSA) is 98.8 Å². The van der Waals surface area contributed by atoms with Crippen LogP contribution in [0.4, 0.5) is 0 Å². The second-order valence-corrected chi connectivity index (χ2v) is 5.92. The maximum Gasteiger partial charge on any atom is 0.323 e. The number of aromatic nitrogens is 3. The number of para-hydroxylation sites is 1. The molecule has 0 aliphatic heterocycles. The Morgan fingerprint density at radius 2 is 1.81 bits per heavy atom. The third kappa shape index (κ3) is 3.32. The van der Waals surface area contributed by atoms with Crippen molar-refractivity contribution in [2.45, 2.75) is 12.8 Å². The van der Waals surface area contributed by atoms with Gasteiger partial charge in [0.2, 0.25) is 0 Å². The monoisotopic (exact) mass is 369 g/mol. The highest BCUT2D eigenvalue weighted by atomic mass is 35.5. The molecule has 2 heterocycles. The third-order valence-electron chi connectivity index (χ3n) is 4.22. The number of pyridine rings is 1. The van der Waals surface area contributed by atoms with E-state index in [0.29, 0.717) is 11.9 Å². The number of hydrogen-bond acceptors (Lipinski definition) is 3. The number of aryl methyl sites for hydroxylation is 1. The van der Waals surface area contributed by atoms with Crippen LogP contribution < -0.4 is 5.69 Å². The molecule has 0 bridgehead atoms. The number of fused-ring (bicyclic) bond motifs is 2. The molecule has 0 aliphatic rings. The van der Waals surface area contributed by atoms with Gasteiger partial charge in [0.15, 0.2) is 0 Å². The van der Waals surface area contributed by atoms with Crippen LogP contribution in [0.5, 0.6) is 0 Å². The van der Waals surface area contributed by atoms with Crippen molar-refractivity contribution in [1.29, 1.82) is 0 Å². The number of nitrogens with zero attached hydrogens (tertiary/aromatic N) is 1. The first-order valence-corrected chi connectivity index (χ1v) is 7.93. The van der Waals surface area contributed by atoms with Crippen LogP contribution in [-0.2, 0) is 11.2 Å². The van der Waals surface area contributed by atoms with Crippen molar-refractivity contribution in [1.82, 2.24) is 15.0 Å². The number of nitrogens with one attached hydrogen (secondary N) is 2. The summed E-state index contributed by atoms with van der Waals surface area (Å²) in [5.74, 6) is -0.825. The molecule has 0 amide bonds. The van der Waals surface area contributed by atoms with Gasteiger partial charge in [0.1, 0.15) is 0 Å². The van der Waals surface area contributed by atoms with E-state index in [1.54, 1.807) is 0 Å². The van der Waals surface area contributed by atoms with Gasteiger partial charge in [0.05, 0.1) is 22.2 Å². The van der Waals surface area contributed by atoms with Gasteiger partial charge < -0.3 is 15.1 Å². The molecule has 26 heavy (non-hydrogen) atoms. The number of benzene rings is 2. The van der Waals surface area contributed by atoms with Crippen LogP contribution in [0.25, 0.3) is 33.2 Å². The van der Waals surface area contributed by atoms with Gasteiger partial charge >= 0.3 is 11.7 Å². The highest BCUT2D eigenvalue weighted by Crippen LogP contribution is 2.27. The number of aromatic amines is 2. The zero-order chi connectivity index (χ0) is 17.4. The number of halogens is 1. The number of rotatable bonds is 4. The standard InChI is InChI=1S/C19H15N3O3.ClH/c23-18(24)8-6-11-9-16(20-14-4-2-1-3-13(11)14)12-5-7-15-17(10-12)22-19(25)21-15;/h1-5,7,9-10H,6,8H2,(H,23,24)(H2,21,22,25);1H. The summed E-state index contributed by atoms with van der Waals surface area (Å²) in [4.78, 5) is 32.5. The van der Waals surface area contributed by atoms with E-state index in [9.17, 15) is 9.59 Å². The van der Waals surface area contributed by atoms with Gasteiger partial charge in [-0.2, -0.15) is 0 Å². The quantitative estimate of drug-likeness (QED) is 0.512. The Morgan fingerprint density at radius 1 is 1.04 bits per heavy atom. The second kappa shape index (κ2) is 7.01. The van der Waals surface area contributed by atoms with Gasteiger partial charge in [0, 0.05) is 17.4 Å². The lowest BCUT2D eigenvalue weighted by Gasteiger charge is -2.09. The van der Waals surface area contributed by atoms with Crippen LogP contribution in [0.1, 0.15) is 12.0 Å². The van der Waals surface area contributed by atoms with Gasteiger partial charge in [-0.25, -0.2) is 9.78 Å². The van der Waals surface area contributed by atoms with Gasteiger partial charge in [-0.3, -0.25) is 4.79 Å². The Morgan fingerprint density at radius 3 is 2.62 bits per heavy atom. The Bertz CT molecular complexity index is 1160. The maximum atomic E-state index is 11.4. The lowest BCUT2D eigenvalue weighted by atomic mass is 10.0. The summed E-state index contributed by atoms with van der Waals surface area (Å²) in [6.07, 6.45) is 0.506. The van der Waals surface area contributed by atoms with E-state index in [0.717, 1.165) is 33.2 Å². The first-order chi connectivity index (χ1) is 12.1. The Kier molecular flexibility index (Phi) is 4.77. The molecular formula is C19H16ClN3O3. The lowest BCUT2D eigenvalue weighted by Crippen LogP contribution is -1.99. The van der Waals surface area contributed by atoms with Crippen LogP contribution in [0.15, 0.2) is 53.3 Å². The summed E-state index contributed by atoms with van der Waals surface area (Å²) < 4.78 is 0. The summed E-state index contributed by atoms with van der Waals surface area (Å²) in [6.45, 7) is 0. The molecule has 4 aromatic rings. The normalized spacial score (nSPS) is 10.8. The van der Waals surface area contributed by atoms with E-state index >= 15 is 0 Å². The van der Waals surface area contributed by atoms with Crippen molar-refractivity contribution in [2.75, 3.05) is 0 Å². The average Bonchev–Trinajstić information content (AvgIpc) is 2.98. The number of H-pyrrole nitrogens is 2. The summed E-state index contributed by atoms with van der Waals surface area (Å²) in [5.41, 5.74) is 4.59. The largest absolute Gasteiger partial charge is 0.481 e. The Balaban J connectivity index is 0.00000196. The van der Waals surface area contributed by atoms with Gasteiger partial charge in [0.25, 0.3) is 0 Å². The minimum Gasteiger partial charge on any atom is -0.481 e. The fraction of sp³-hybridized carbons (Fsp3) is 0.105. The predicted octanol–water partition coefficient (Wildman–Crippen LogP) is 3.51. The molecule has 0 saturated heterocycles. The minimum atomic E-state index is -0.825. The molecule has 0 saturated carbocycles. The number of imidazole rings is 1. The van der Waals surface area contributed by atoms with Crippen LogP contribution in [0, 0.1) is 0 Å². The van der Waals surface area contributed by atoms with Gasteiger partial charge in [-0.05, 0) is 36.2 Å². The van der Waals surface area contributed by atoms with E-state index < -0.39 is 5.97 Å². The molecule has 7 heteroatoms. The summed E-state index contributed by atoms with van der Waals surface area (Å²) in [5, 5.41) is 9.96. The van der Waals surface area contributed by atoms with Crippen molar-refractivity contribution >= 4 is 40.3 Å². The molecule has 0 aliphatic carbocycles. The molecule has 0 unspecified atom stereocenters. The Hall–Kier alpha value is -3.12. The summed E-state index contributed by atoms with van der Waals surface area (Å²) in [7, 11) is 0. The van der Waals surface area contributed by atoms with E-state index in [1.165, 1.54) is 0 Å². The molecule has 132 valence electrons. The van der Waals surface area contributed by atoms with Gasteiger partial charge in [-0.15, -0.1) is 12.4 Å². The van der Waals surface area contributed by atoms with E-state index in [1.807, 2.05) is 48.5 Å². The van der Waals surface area contributed by atoms with Crippen molar-refractivity contribution < 1.29 is 9.90 Å². The second-order valence-electron chi connectivity index (χ2n) is 5.92. The third-order valence-corrected chi connectivity index (χ3v) is 4.22. The molecule has 0 fully saturated rings. The van der Waals surface area contributed by atoms with Crippen molar-refractivity contribution in [2.24, 2.45) is 0 Å². The maximum absolute atomic E-state index is 11.4. The molecule has 4 rings (SSSR count). The predicted molar refractivity (Wildman–Crippen MR) is 103 cm³/mol. The molecule has 3 N–H and O–H groups in total. The van der Waals surface area contributed by atoms with Crippen molar-refractivity contribution in [3.63, 3.8) is 0 Å². The van der Waals surface area contributed by atoms with Crippen LogP contribution in [-0.4, -0.2) is 26.0 Å². The first-order valence-electron chi connectivity index (χ1n) is 7.93.